The van der Waals surface area contributed by atoms with Gasteiger partial charge in [-0.2, -0.15) is 0 Å². The summed E-state index contributed by atoms with van der Waals surface area (Å²) >= 11 is 5.11. The van der Waals surface area contributed by atoms with E-state index >= 15 is 0 Å². The van der Waals surface area contributed by atoms with Crippen LogP contribution in [-0.2, 0) is 11.3 Å². The molecule has 0 bridgehead atoms. The average Bonchev–Trinajstić information content (AvgIpc) is 2.68. The van der Waals surface area contributed by atoms with E-state index in [0.29, 0.717) is 5.92 Å². The average molecular weight is 333 g/mol. The fraction of sp³-hybridized carbons (Fsp3) is 0.615. The van der Waals surface area contributed by atoms with Gasteiger partial charge in [-0.3, -0.25) is 4.79 Å². The number of hydrogen-bond acceptors (Lipinski definition) is 3. The first-order valence-electron chi connectivity index (χ1n) is 6.07. The summed E-state index contributed by atoms with van der Waals surface area (Å²) in [5, 5.41) is 5.46. The Morgan fingerprint density at radius 1 is 1.50 bits per heavy atom. The molecule has 0 spiro atoms. The molecule has 0 radical (unpaired) electrons. The number of hydrogen-bond donors (Lipinski definition) is 1. The predicted octanol–water partition coefficient (Wildman–Crippen LogP) is 3.10. The molecule has 0 saturated carbocycles. The van der Waals surface area contributed by atoms with Crippen molar-refractivity contribution in [1.29, 1.82) is 0 Å². The van der Waals surface area contributed by atoms with Gasteiger partial charge in [0.1, 0.15) is 0 Å². The number of likely N-dealkylation sites (N-methyl/N-ethyl adjacent to an activating group) is 1. The maximum Gasteiger partial charge on any atom is 0.239 e. The molecular weight excluding hydrogens is 312 g/mol. The van der Waals surface area contributed by atoms with E-state index in [1.165, 1.54) is 5.56 Å². The van der Waals surface area contributed by atoms with Crippen molar-refractivity contribution in [2.45, 2.75) is 32.9 Å². The Labute approximate surface area is 122 Å². The number of rotatable bonds is 6. The van der Waals surface area contributed by atoms with Gasteiger partial charge in [-0.15, -0.1) is 11.3 Å². The van der Waals surface area contributed by atoms with Crippen molar-refractivity contribution in [3.8, 4) is 0 Å². The third kappa shape index (κ3) is 5.08. The molecule has 1 N–H and O–H groups in total. The molecule has 0 fully saturated rings. The van der Waals surface area contributed by atoms with E-state index in [9.17, 15) is 4.79 Å². The molecule has 0 saturated heterocycles. The van der Waals surface area contributed by atoms with Crippen molar-refractivity contribution >= 4 is 33.2 Å². The fourth-order valence-electron chi connectivity index (χ4n) is 1.73. The zero-order valence-corrected chi connectivity index (χ0v) is 13.8. The highest BCUT2D eigenvalue weighted by Crippen LogP contribution is 2.20. The summed E-state index contributed by atoms with van der Waals surface area (Å²) in [6.45, 7) is 5.01. The van der Waals surface area contributed by atoms with Crippen LogP contribution >= 0.6 is 27.3 Å². The third-order valence-corrected chi connectivity index (χ3v) is 4.17. The summed E-state index contributed by atoms with van der Waals surface area (Å²) in [6.07, 6.45) is 0.863. The number of halogens is 1. The van der Waals surface area contributed by atoms with E-state index in [1.807, 2.05) is 0 Å². The number of thiophene rings is 1. The van der Waals surface area contributed by atoms with E-state index in [0.717, 1.165) is 16.8 Å². The van der Waals surface area contributed by atoms with Gasteiger partial charge in [-0.05, 0) is 45.3 Å². The molecule has 0 aromatic carbocycles. The highest BCUT2D eigenvalue weighted by atomic mass is 79.9. The van der Waals surface area contributed by atoms with Gasteiger partial charge in [-0.1, -0.05) is 13.8 Å². The van der Waals surface area contributed by atoms with Crippen LogP contribution in [0.5, 0.6) is 0 Å². The predicted molar refractivity (Wildman–Crippen MR) is 80.8 cm³/mol. The molecule has 0 aliphatic rings. The lowest BCUT2D eigenvalue weighted by Gasteiger charge is -2.23. The van der Waals surface area contributed by atoms with Crippen molar-refractivity contribution in [3.05, 3.63) is 20.8 Å². The molecule has 1 aromatic heterocycles. The lowest BCUT2D eigenvalue weighted by Crippen LogP contribution is -2.44. The van der Waals surface area contributed by atoms with E-state index in [-0.39, 0.29) is 11.9 Å². The highest BCUT2D eigenvalue weighted by molar-refractivity contribution is 9.11. The Morgan fingerprint density at radius 3 is 2.61 bits per heavy atom. The number of nitrogens with one attached hydrogen (secondary N) is 1. The van der Waals surface area contributed by atoms with Crippen molar-refractivity contribution in [1.82, 2.24) is 10.2 Å². The number of carbonyl (C=O) groups excluding carboxylic acids is 1. The fourth-order valence-corrected chi connectivity index (χ4v) is 2.94. The third-order valence-electron chi connectivity index (χ3n) is 2.62. The Kier molecular flexibility index (Phi) is 6.32. The topological polar surface area (TPSA) is 32.3 Å². The minimum absolute atomic E-state index is 0.0984. The van der Waals surface area contributed by atoms with Gasteiger partial charge in [0.15, 0.2) is 0 Å². The molecule has 18 heavy (non-hydrogen) atoms. The molecule has 1 rings (SSSR count). The zero-order chi connectivity index (χ0) is 13.7. The molecule has 1 atom stereocenters. The van der Waals surface area contributed by atoms with E-state index in [1.54, 1.807) is 30.3 Å². The Balaban J connectivity index is 2.58. The van der Waals surface area contributed by atoms with Crippen molar-refractivity contribution in [2.75, 3.05) is 14.1 Å². The van der Waals surface area contributed by atoms with E-state index in [4.69, 9.17) is 0 Å². The van der Waals surface area contributed by atoms with Crippen LogP contribution in [0.4, 0.5) is 0 Å². The summed E-state index contributed by atoms with van der Waals surface area (Å²) in [5.41, 5.74) is 1.21. The van der Waals surface area contributed by atoms with E-state index < -0.39 is 0 Å². The first kappa shape index (κ1) is 15.7. The van der Waals surface area contributed by atoms with Crippen LogP contribution in [-0.4, -0.2) is 30.9 Å². The first-order chi connectivity index (χ1) is 8.40. The molecule has 0 aliphatic carbocycles. The molecule has 102 valence electrons. The van der Waals surface area contributed by atoms with Crippen LogP contribution < -0.4 is 5.32 Å². The number of carbonyl (C=O) groups is 1. The quantitative estimate of drug-likeness (QED) is 0.868. The van der Waals surface area contributed by atoms with Gasteiger partial charge in [0.2, 0.25) is 5.91 Å². The van der Waals surface area contributed by atoms with Gasteiger partial charge in [-0.25, -0.2) is 0 Å². The number of nitrogens with zero attached hydrogens (tertiary/aromatic N) is 1. The Hall–Kier alpha value is -0.390. The zero-order valence-electron chi connectivity index (χ0n) is 11.4. The van der Waals surface area contributed by atoms with Crippen molar-refractivity contribution in [3.63, 3.8) is 0 Å². The molecule has 0 aliphatic heterocycles. The minimum atomic E-state index is -0.0984. The van der Waals surface area contributed by atoms with Gasteiger partial charge in [0, 0.05) is 20.6 Å². The van der Waals surface area contributed by atoms with Crippen LogP contribution in [0.25, 0.3) is 0 Å². The van der Waals surface area contributed by atoms with Gasteiger partial charge < -0.3 is 10.2 Å². The molecule has 1 aromatic rings. The second-order valence-corrected chi connectivity index (χ2v) is 7.35. The van der Waals surface area contributed by atoms with Gasteiger partial charge in [0.05, 0.1) is 9.83 Å². The van der Waals surface area contributed by atoms with Crippen molar-refractivity contribution in [2.24, 2.45) is 5.92 Å². The highest BCUT2D eigenvalue weighted by Gasteiger charge is 2.20. The van der Waals surface area contributed by atoms with E-state index in [2.05, 4.69) is 46.5 Å². The van der Waals surface area contributed by atoms with Gasteiger partial charge >= 0.3 is 0 Å². The monoisotopic (exact) mass is 332 g/mol. The minimum Gasteiger partial charge on any atom is -0.347 e. The largest absolute Gasteiger partial charge is 0.347 e. The molecule has 3 nitrogen and oxygen atoms in total. The second-order valence-electron chi connectivity index (χ2n) is 5.05. The second kappa shape index (κ2) is 7.26. The maximum atomic E-state index is 12.1. The maximum absolute atomic E-state index is 12.1. The summed E-state index contributed by atoms with van der Waals surface area (Å²) < 4.78 is 1.12. The summed E-state index contributed by atoms with van der Waals surface area (Å²) in [4.78, 5) is 13.7. The first-order valence-corrected chi connectivity index (χ1v) is 7.75. The van der Waals surface area contributed by atoms with Gasteiger partial charge in [0.25, 0.3) is 0 Å². The standard InChI is InChI=1S/C13H21BrN2OS/c1-9(2)5-11(13(17)16(3)4)15-7-10-6-12(14)18-8-10/h6,8-9,11,15H,5,7H2,1-4H3. The van der Waals surface area contributed by atoms with Crippen molar-refractivity contribution < 1.29 is 4.79 Å². The van der Waals surface area contributed by atoms with Crippen LogP contribution in [0.2, 0.25) is 0 Å². The molecule has 5 heteroatoms. The molecule has 1 heterocycles. The van der Waals surface area contributed by atoms with Crippen LogP contribution in [0.1, 0.15) is 25.8 Å². The van der Waals surface area contributed by atoms with Crippen LogP contribution in [0.3, 0.4) is 0 Å². The number of amides is 1. The Bertz CT molecular complexity index is 390. The normalized spacial score (nSPS) is 12.8. The lowest BCUT2D eigenvalue weighted by atomic mass is 10.0. The summed E-state index contributed by atoms with van der Waals surface area (Å²) in [7, 11) is 3.61. The summed E-state index contributed by atoms with van der Waals surface area (Å²) in [5.74, 6) is 0.651. The van der Waals surface area contributed by atoms with Crippen LogP contribution in [0, 0.1) is 5.92 Å². The smallest absolute Gasteiger partial charge is 0.239 e. The molecule has 1 unspecified atom stereocenters. The molecule has 1 amide bonds. The summed E-state index contributed by atoms with van der Waals surface area (Å²) in [6, 6.07) is 1.99. The lowest BCUT2D eigenvalue weighted by molar-refractivity contribution is -0.131. The SMILES string of the molecule is CC(C)CC(NCc1csc(Br)c1)C(=O)N(C)C. The Morgan fingerprint density at radius 2 is 2.17 bits per heavy atom. The van der Waals surface area contributed by atoms with Crippen LogP contribution in [0.15, 0.2) is 15.2 Å². The molecular formula is C13H21BrN2OS.